The molecule has 2 N–H and O–H groups in total. The van der Waals surface area contributed by atoms with Crippen molar-refractivity contribution in [1.82, 2.24) is 14.8 Å². The SMILES string of the molecule is Cc1cc(=O)n(-c2ccc(NC(=O)c3ccc(C(F)(F)F)cc3)cn2)[nH]1. The van der Waals surface area contributed by atoms with Gasteiger partial charge in [-0.05, 0) is 43.3 Å². The van der Waals surface area contributed by atoms with Gasteiger partial charge in [-0.15, -0.1) is 0 Å². The molecule has 0 unspecified atom stereocenters. The van der Waals surface area contributed by atoms with Crippen LogP contribution in [-0.4, -0.2) is 20.7 Å². The molecule has 26 heavy (non-hydrogen) atoms. The second-order valence-corrected chi connectivity index (χ2v) is 5.55. The first-order chi connectivity index (χ1) is 12.2. The number of aromatic nitrogens is 3. The molecule has 0 bridgehead atoms. The van der Waals surface area contributed by atoms with Crippen LogP contribution in [0.3, 0.4) is 0 Å². The van der Waals surface area contributed by atoms with Gasteiger partial charge in [-0.3, -0.25) is 14.7 Å². The van der Waals surface area contributed by atoms with E-state index in [1.807, 2.05) is 0 Å². The lowest BCUT2D eigenvalue weighted by Crippen LogP contribution is -2.16. The molecule has 1 aromatic carbocycles. The van der Waals surface area contributed by atoms with Gasteiger partial charge in [0, 0.05) is 17.3 Å². The lowest BCUT2D eigenvalue weighted by molar-refractivity contribution is -0.137. The largest absolute Gasteiger partial charge is 0.416 e. The van der Waals surface area contributed by atoms with E-state index in [-0.39, 0.29) is 11.1 Å². The van der Waals surface area contributed by atoms with Crippen molar-refractivity contribution < 1.29 is 18.0 Å². The molecule has 0 aliphatic carbocycles. The van der Waals surface area contributed by atoms with Crippen LogP contribution in [0, 0.1) is 6.92 Å². The van der Waals surface area contributed by atoms with E-state index in [9.17, 15) is 22.8 Å². The van der Waals surface area contributed by atoms with E-state index in [0.717, 1.165) is 24.3 Å². The van der Waals surface area contributed by atoms with Crippen LogP contribution in [0.2, 0.25) is 0 Å². The molecule has 0 atom stereocenters. The van der Waals surface area contributed by atoms with E-state index < -0.39 is 17.6 Å². The van der Waals surface area contributed by atoms with Crippen LogP contribution in [0.4, 0.5) is 18.9 Å². The zero-order valence-electron chi connectivity index (χ0n) is 13.5. The maximum absolute atomic E-state index is 12.5. The van der Waals surface area contributed by atoms with Crippen molar-refractivity contribution in [1.29, 1.82) is 0 Å². The van der Waals surface area contributed by atoms with E-state index >= 15 is 0 Å². The molecule has 2 heterocycles. The van der Waals surface area contributed by atoms with E-state index in [4.69, 9.17) is 0 Å². The highest BCUT2D eigenvalue weighted by Crippen LogP contribution is 2.29. The molecule has 1 amide bonds. The zero-order chi connectivity index (χ0) is 18.9. The molecule has 0 aliphatic heterocycles. The lowest BCUT2D eigenvalue weighted by Gasteiger charge is -2.08. The zero-order valence-corrected chi connectivity index (χ0v) is 13.5. The molecule has 0 fully saturated rings. The third kappa shape index (κ3) is 3.66. The van der Waals surface area contributed by atoms with Gasteiger partial charge in [-0.2, -0.15) is 13.2 Å². The van der Waals surface area contributed by atoms with Crippen LogP contribution >= 0.6 is 0 Å². The number of rotatable bonds is 3. The van der Waals surface area contributed by atoms with Gasteiger partial charge < -0.3 is 5.32 Å². The monoisotopic (exact) mass is 362 g/mol. The van der Waals surface area contributed by atoms with E-state index in [1.165, 1.54) is 29.1 Å². The van der Waals surface area contributed by atoms with Gasteiger partial charge >= 0.3 is 6.18 Å². The van der Waals surface area contributed by atoms with Crippen molar-refractivity contribution in [3.63, 3.8) is 0 Å². The summed E-state index contributed by atoms with van der Waals surface area (Å²) in [6, 6.07) is 8.36. The Bertz CT molecular complexity index is 987. The number of carbonyl (C=O) groups excluding carboxylic acids is 1. The molecule has 0 saturated carbocycles. The van der Waals surface area contributed by atoms with Crippen LogP contribution in [0.15, 0.2) is 53.5 Å². The highest BCUT2D eigenvalue weighted by Gasteiger charge is 2.30. The van der Waals surface area contributed by atoms with Crippen molar-refractivity contribution in [3.8, 4) is 5.82 Å². The molecule has 9 heteroatoms. The summed E-state index contributed by atoms with van der Waals surface area (Å²) in [6.45, 7) is 1.73. The van der Waals surface area contributed by atoms with Gasteiger partial charge in [0.25, 0.3) is 11.5 Å². The number of halogens is 3. The molecule has 0 spiro atoms. The minimum absolute atomic E-state index is 0.0817. The molecule has 3 aromatic rings. The average Bonchev–Trinajstić information content (AvgIpc) is 2.93. The third-order valence-corrected chi connectivity index (χ3v) is 3.56. The number of hydrogen-bond donors (Lipinski definition) is 2. The first-order valence-electron chi connectivity index (χ1n) is 7.48. The van der Waals surface area contributed by atoms with Gasteiger partial charge in [0.1, 0.15) is 0 Å². The quantitative estimate of drug-likeness (QED) is 0.751. The fourth-order valence-corrected chi connectivity index (χ4v) is 2.29. The summed E-state index contributed by atoms with van der Waals surface area (Å²) in [5, 5.41) is 5.36. The number of amides is 1. The number of benzene rings is 1. The second kappa shape index (κ2) is 6.51. The summed E-state index contributed by atoms with van der Waals surface area (Å²) < 4.78 is 38.9. The minimum Gasteiger partial charge on any atom is -0.321 e. The Morgan fingerprint density at radius 1 is 1.15 bits per heavy atom. The minimum atomic E-state index is -4.46. The van der Waals surface area contributed by atoms with Gasteiger partial charge in [0.2, 0.25) is 0 Å². The topological polar surface area (TPSA) is 79.8 Å². The first-order valence-corrected chi connectivity index (χ1v) is 7.48. The number of nitrogens with zero attached hydrogens (tertiary/aromatic N) is 2. The third-order valence-electron chi connectivity index (χ3n) is 3.56. The number of alkyl halides is 3. The molecule has 2 aromatic heterocycles. The van der Waals surface area contributed by atoms with Crippen molar-refractivity contribution in [2.45, 2.75) is 13.1 Å². The Balaban J connectivity index is 1.74. The maximum Gasteiger partial charge on any atom is 0.416 e. The van der Waals surface area contributed by atoms with Crippen LogP contribution in [0.5, 0.6) is 0 Å². The Morgan fingerprint density at radius 3 is 2.35 bits per heavy atom. The highest BCUT2D eigenvalue weighted by molar-refractivity contribution is 6.04. The van der Waals surface area contributed by atoms with Crippen LogP contribution in [0.1, 0.15) is 21.6 Å². The summed E-state index contributed by atoms with van der Waals surface area (Å²) in [7, 11) is 0. The second-order valence-electron chi connectivity index (χ2n) is 5.55. The standard InChI is InChI=1S/C17H13F3N4O2/c1-10-8-15(25)24(23-10)14-7-6-13(9-21-14)22-16(26)11-2-4-12(5-3-11)17(18,19)20/h2-9,23H,1H3,(H,22,26). The summed E-state index contributed by atoms with van der Waals surface area (Å²) in [5.74, 6) is -0.225. The molecule has 134 valence electrons. The average molecular weight is 362 g/mol. The Kier molecular flexibility index (Phi) is 4.37. The predicted octanol–water partition coefficient (Wildman–Crippen LogP) is 3.14. The molecule has 0 aliphatic rings. The maximum atomic E-state index is 12.5. The van der Waals surface area contributed by atoms with Crippen LogP contribution in [0.25, 0.3) is 5.82 Å². The van der Waals surface area contributed by atoms with E-state index in [0.29, 0.717) is 17.2 Å². The summed E-state index contributed by atoms with van der Waals surface area (Å²) in [4.78, 5) is 27.9. The summed E-state index contributed by atoms with van der Waals surface area (Å²) >= 11 is 0. The van der Waals surface area contributed by atoms with E-state index in [2.05, 4.69) is 15.4 Å². The van der Waals surface area contributed by atoms with Gasteiger partial charge in [0.05, 0.1) is 17.4 Å². The number of H-pyrrole nitrogens is 1. The first kappa shape index (κ1) is 17.5. The van der Waals surface area contributed by atoms with Crippen LogP contribution in [-0.2, 0) is 6.18 Å². The molecule has 6 nitrogen and oxygen atoms in total. The smallest absolute Gasteiger partial charge is 0.321 e. The van der Waals surface area contributed by atoms with Crippen molar-refractivity contribution >= 4 is 11.6 Å². The van der Waals surface area contributed by atoms with Crippen molar-refractivity contribution in [3.05, 3.63) is 75.8 Å². The molecular weight excluding hydrogens is 349 g/mol. The van der Waals surface area contributed by atoms with Crippen molar-refractivity contribution in [2.24, 2.45) is 0 Å². The van der Waals surface area contributed by atoms with Crippen LogP contribution < -0.4 is 10.9 Å². The number of nitrogens with one attached hydrogen (secondary N) is 2. The normalized spacial score (nSPS) is 11.4. The van der Waals surface area contributed by atoms with E-state index in [1.54, 1.807) is 6.92 Å². The number of aryl methyl sites for hydroxylation is 1. The number of pyridine rings is 1. The predicted molar refractivity (Wildman–Crippen MR) is 88.3 cm³/mol. The Labute approximate surface area is 145 Å². The molecule has 0 saturated heterocycles. The van der Waals surface area contributed by atoms with Crippen molar-refractivity contribution in [2.75, 3.05) is 5.32 Å². The van der Waals surface area contributed by atoms with Gasteiger partial charge in [0.15, 0.2) is 5.82 Å². The fourth-order valence-electron chi connectivity index (χ4n) is 2.29. The summed E-state index contributed by atoms with van der Waals surface area (Å²) in [5.41, 5.74) is 0.00744. The number of aromatic amines is 1. The lowest BCUT2D eigenvalue weighted by atomic mass is 10.1. The Morgan fingerprint density at radius 2 is 1.85 bits per heavy atom. The molecule has 3 rings (SSSR count). The fraction of sp³-hybridized carbons (Fsp3) is 0.118. The number of hydrogen-bond acceptors (Lipinski definition) is 3. The number of anilines is 1. The summed E-state index contributed by atoms with van der Waals surface area (Å²) in [6.07, 6.45) is -3.11. The van der Waals surface area contributed by atoms with Gasteiger partial charge in [-0.1, -0.05) is 0 Å². The number of carbonyl (C=O) groups is 1. The van der Waals surface area contributed by atoms with Gasteiger partial charge in [-0.25, -0.2) is 9.67 Å². The Hall–Kier alpha value is -3.36. The molecular formula is C17H13F3N4O2. The highest BCUT2D eigenvalue weighted by atomic mass is 19.4. The molecule has 0 radical (unpaired) electrons.